The highest BCUT2D eigenvalue weighted by Gasteiger charge is 2.79. The van der Waals surface area contributed by atoms with E-state index in [1.54, 1.807) is 43.5 Å². The van der Waals surface area contributed by atoms with Crippen molar-refractivity contribution in [2.75, 3.05) is 19.8 Å². The van der Waals surface area contributed by atoms with Crippen LogP contribution in [-0.4, -0.2) is 88.0 Å². The van der Waals surface area contributed by atoms with Crippen LogP contribution in [0.3, 0.4) is 0 Å². The normalized spacial score (nSPS) is 40.7. The molecule has 0 unspecified atom stereocenters. The fourth-order valence-corrected chi connectivity index (χ4v) is 7.16. The molecule has 0 spiro atoms. The average Bonchev–Trinajstić information content (AvgIpc) is 3.60. The number of esters is 2. The molecule has 0 radical (unpaired) electrons. The molecule has 1 saturated heterocycles. The van der Waals surface area contributed by atoms with E-state index >= 15 is 0 Å². The van der Waals surface area contributed by atoms with Crippen molar-refractivity contribution < 1.29 is 58.1 Å². The van der Waals surface area contributed by atoms with E-state index in [0.717, 1.165) is 11.1 Å². The first-order chi connectivity index (χ1) is 20.0. The Kier molecular flexibility index (Phi) is 6.15. The zero-order valence-corrected chi connectivity index (χ0v) is 22.8. The van der Waals surface area contributed by atoms with E-state index in [4.69, 9.17) is 28.1 Å². The third kappa shape index (κ3) is 3.83. The molecule has 1 aromatic heterocycles. The molecule has 2 aliphatic heterocycles. The van der Waals surface area contributed by atoms with Gasteiger partial charge in [-0.15, -0.1) is 0 Å². The van der Waals surface area contributed by atoms with Crippen molar-refractivity contribution in [3.8, 4) is 5.95 Å². The van der Waals surface area contributed by atoms with Gasteiger partial charge in [0.25, 0.3) is 5.95 Å². The molecule has 12 nitrogen and oxygen atoms in total. The SMILES string of the molecule is C[C@@]12C[C@@](COC(=O)[C@@H]3C=C[C@@H](O)[C@H](O)C3)(O[C@@]1(COC(=O)c1ccccc1)O[C@@]13COc4occ(c41)C3)[C@@H](O)[C@@H]2O. The minimum atomic E-state index is -1.77. The Bertz CT molecular complexity index is 1440. The van der Waals surface area contributed by atoms with Gasteiger partial charge in [-0.25, -0.2) is 4.79 Å². The molecular weight excluding hydrogens is 552 g/mol. The van der Waals surface area contributed by atoms with Gasteiger partial charge >= 0.3 is 11.9 Å². The summed E-state index contributed by atoms with van der Waals surface area (Å²) in [6.45, 7) is 0.923. The van der Waals surface area contributed by atoms with Gasteiger partial charge < -0.3 is 48.5 Å². The standard InChI is InChI=1S/C30H32O12/c1-27-12-29(23(34)22(27)33,14-38-25(36)17-7-8-19(31)20(32)9-17)42-30(27,15-39-24(35)16-5-3-2-4-6-16)41-28-10-18-11-37-26(21(18)28)40-13-28/h2-8,11,17,19-20,22-23,31-34H,9-10,12-15H2,1H3/t17-,19-,20-,22+,23+,27+,28+,29+,30-/m1/s1. The van der Waals surface area contributed by atoms with Crippen LogP contribution in [0.25, 0.3) is 0 Å². The lowest BCUT2D eigenvalue weighted by molar-refractivity contribution is -0.390. The second-order valence-corrected chi connectivity index (χ2v) is 12.2. The van der Waals surface area contributed by atoms with Gasteiger partial charge in [-0.1, -0.05) is 37.3 Å². The minimum absolute atomic E-state index is 0.0163. The topological polar surface area (TPSA) is 174 Å². The van der Waals surface area contributed by atoms with E-state index in [1.165, 1.54) is 12.2 Å². The molecule has 3 heterocycles. The van der Waals surface area contributed by atoms with Crippen LogP contribution in [0.4, 0.5) is 0 Å². The number of aliphatic hydroxyl groups excluding tert-OH is 4. The number of carbonyl (C=O) groups is 2. The number of carbonyl (C=O) groups excluding carboxylic acids is 2. The highest BCUT2D eigenvalue weighted by Crippen LogP contribution is 2.66. The number of aliphatic hydroxyl groups is 4. The molecule has 2 fully saturated rings. The summed E-state index contributed by atoms with van der Waals surface area (Å²) in [5.74, 6) is -3.57. The summed E-state index contributed by atoms with van der Waals surface area (Å²) < 4.78 is 35.9. The van der Waals surface area contributed by atoms with Crippen molar-refractivity contribution >= 4 is 11.9 Å². The van der Waals surface area contributed by atoms with E-state index in [-0.39, 0.29) is 19.4 Å². The summed E-state index contributed by atoms with van der Waals surface area (Å²) in [7, 11) is 0. The van der Waals surface area contributed by atoms with Crippen molar-refractivity contribution in [3.05, 3.63) is 65.4 Å². The van der Waals surface area contributed by atoms with Gasteiger partial charge in [0, 0.05) is 12.0 Å². The summed E-state index contributed by atoms with van der Waals surface area (Å²) in [5.41, 5.74) is -1.95. The van der Waals surface area contributed by atoms with Crippen LogP contribution in [-0.2, 0) is 35.8 Å². The molecule has 4 N–H and O–H groups in total. The van der Waals surface area contributed by atoms with Gasteiger partial charge in [-0.2, -0.15) is 0 Å². The van der Waals surface area contributed by atoms with Gasteiger partial charge in [0.1, 0.15) is 37.1 Å². The molecular formula is C30H32O12. The summed E-state index contributed by atoms with van der Waals surface area (Å²) in [4.78, 5) is 25.9. The molecule has 1 saturated carbocycles. The molecule has 5 aliphatic rings. The Morgan fingerprint density at radius 2 is 1.81 bits per heavy atom. The van der Waals surface area contributed by atoms with Crippen LogP contribution in [0.15, 0.2) is 53.2 Å². The van der Waals surface area contributed by atoms with Crippen molar-refractivity contribution in [1.29, 1.82) is 0 Å². The molecule has 224 valence electrons. The molecule has 0 amide bonds. The number of benzene rings is 1. The Balaban J connectivity index is 1.18. The third-order valence-corrected chi connectivity index (χ3v) is 9.55. The van der Waals surface area contributed by atoms with Crippen molar-refractivity contribution in [2.24, 2.45) is 11.3 Å². The van der Waals surface area contributed by atoms with E-state index in [2.05, 4.69) is 0 Å². The minimum Gasteiger partial charge on any atom is -0.462 e. The summed E-state index contributed by atoms with van der Waals surface area (Å²) in [6.07, 6.45) is -0.247. The highest BCUT2D eigenvalue weighted by molar-refractivity contribution is 5.89. The number of hydrogen-bond acceptors (Lipinski definition) is 12. The summed E-state index contributed by atoms with van der Waals surface area (Å²) >= 11 is 0. The fourth-order valence-electron chi connectivity index (χ4n) is 7.16. The van der Waals surface area contributed by atoms with Crippen LogP contribution < -0.4 is 4.74 Å². The number of hydrogen-bond donors (Lipinski definition) is 4. The molecule has 2 bridgehead atoms. The summed E-state index contributed by atoms with van der Waals surface area (Å²) in [5, 5.41) is 42.3. The predicted molar refractivity (Wildman–Crippen MR) is 139 cm³/mol. The Morgan fingerprint density at radius 3 is 2.57 bits per heavy atom. The lowest BCUT2D eigenvalue weighted by Gasteiger charge is -2.52. The average molecular weight is 585 g/mol. The maximum atomic E-state index is 13.0. The maximum absolute atomic E-state index is 13.0. The second kappa shape index (κ2) is 9.37. The third-order valence-electron chi connectivity index (χ3n) is 9.55. The number of furan rings is 1. The van der Waals surface area contributed by atoms with Crippen LogP contribution in [0.2, 0.25) is 0 Å². The van der Waals surface area contributed by atoms with Crippen molar-refractivity contribution in [2.45, 2.75) is 67.6 Å². The molecule has 12 heteroatoms. The first kappa shape index (κ1) is 27.6. The number of ether oxygens (including phenoxy) is 5. The van der Waals surface area contributed by atoms with Crippen LogP contribution in [0.1, 0.15) is 41.3 Å². The number of fused-ring (bicyclic) bond motifs is 2. The van der Waals surface area contributed by atoms with Gasteiger partial charge in [0.2, 0.25) is 5.79 Å². The predicted octanol–water partition coefficient (Wildman–Crippen LogP) is 0.735. The van der Waals surface area contributed by atoms with Crippen LogP contribution >= 0.6 is 0 Å². The number of rotatable bonds is 8. The maximum Gasteiger partial charge on any atom is 0.338 e. The Morgan fingerprint density at radius 1 is 1.02 bits per heavy atom. The van der Waals surface area contributed by atoms with E-state index in [9.17, 15) is 30.0 Å². The first-order valence-corrected chi connectivity index (χ1v) is 13.9. The lowest BCUT2D eigenvalue weighted by Crippen LogP contribution is -2.67. The lowest BCUT2D eigenvalue weighted by atomic mass is 9.74. The van der Waals surface area contributed by atoms with Crippen molar-refractivity contribution in [3.63, 3.8) is 0 Å². The van der Waals surface area contributed by atoms with E-state index in [0.29, 0.717) is 17.9 Å². The van der Waals surface area contributed by atoms with Crippen LogP contribution in [0, 0.1) is 11.3 Å². The van der Waals surface area contributed by atoms with Crippen molar-refractivity contribution in [1.82, 2.24) is 0 Å². The van der Waals surface area contributed by atoms with Gasteiger partial charge in [-0.05, 0) is 25.0 Å². The fraction of sp³-hybridized carbons (Fsp3) is 0.533. The molecule has 2 aromatic rings. The summed E-state index contributed by atoms with van der Waals surface area (Å²) in [6, 6.07) is 8.38. The van der Waals surface area contributed by atoms with E-state index < -0.39 is 77.9 Å². The monoisotopic (exact) mass is 584 g/mol. The van der Waals surface area contributed by atoms with Gasteiger partial charge in [0.15, 0.2) is 0 Å². The zero-order chi connectivity index (χ0) is 29.5. The first-order valence-electron chi connectivity index (χ1n) is 13.9. The second-order valence-electron chi connectivity index (χ2n) is 12.2. The molecule has 1 aromatic carbocycles. The van der Waals surface area contributed by atoms with E-state index in [1.807, 2.05) is 0 Å². The molecule has 9 atom stereocenters. The quantitative estimate of drug-likeness (QED) is 0.253. The zero-order valence-electron chi connectivity index (χ0n) is 22.8. The Labute approximate surface area is 240 Å². The molecule has 7 rings (SSSR count). The smallest absolute Gasteiger partial charge is 0.338 e. The molecule has 42 heavy (non-hydrogen) atoms. The molecule has 3 aliphatic carbocycles. The highest BCUT2D eigenvalue weighted by atomic mass is 16.8. The van der Waals surface area contributed by atoms with Gasteiger partial charge in [-0.3, -0.25) is 4.79 Å². The van der Waals surface area contributed by atoms with Gasteiger partial charge in [0.05, 0.1) is 47.0 Å². The largest absolute Gasteiger partial charge is 0.462 e. The Hall–Kier alpha value is -3.26. The van der Waals surface area contributed by atoms with Crippen LogP contribution in [0.5, 0.6) is 5.95 Å².